The van der Waals surface area contributed by atoms with E-state index < -0.39 is 0 Å². The van der Waals surface area contributed by atoms with E-state index in [9.17, 15) is 4.79 Å². The molecular formula is C11H13BrNO. The van der Waals surface area contributed by atoms with E-state index in [0.29, 0.717) is 0 Å². The maximum absolute atomic E-state index is 11.5. The first kappa shape index (κ1) is 11.2. The molecule has 0 bridgehead atoms. The number of halogens is 1. The van der Waals surface area contributed by atoms with E-state index in [1.54, 1.807) is 6.07 Å². The molecule has 0 spiro atoms. The number of nitrogens with one attached hydrogen (secondary N) is 1. The number of carbonyl (C=O) groups excluding carboxylic acids is 1. The first-order chi connectivity index (χ1) is 6.74. The largest absolute Gasteiger partial charge is 0.325 e. The number of hydrogen-bond acceptors (Lipinski definition) is 1. The predicted octanol–water partition coefficient (Wildman–Crippen LogP) is 2.99. The second kappa shape index (κ2) is 5.81. The molecule has 1 amide bonds. The van der Waals surface area contributed by atoms with Crippen molar-refractivity contribution in [3.8, 4) is 0 Å². The van der Waals surface area contributed by atoms with Crippen LogP contribution in [0.1, 0.15) is 19.8 Å². The van der Waals surface area contributed by atoms with Gasteiger partial charge in [-0.1, -0.05) is 47.5 Å². The summed E-state index contributed by atoms with van der Waals surface area (Å²) in [6.45, 7) is 2.05. The molecule has 0 aliphatic carbocycles. The van der Waals surface area contributed by atoms with Gasteiger partial charge in [0.25, 0.3) is 0 Å². The maximum Gasteiger partial charge on any atom is 0.238 e. The van der Waals surface area contributed by atoms with Gasteiger partial charge in [0, 0.05) is 11.8 Å². The number of rotatable bonds is 4. The Morgan fingerprint density at radius 2 is 2.43 bits per heavy atom. The molecule has 0 aliphatic rings. The molecule has 0 aromatic heterocycles. The number of amides is 1. The molecule has 3 heteroatoms. The van der Waals surface area contributed by atoms with Crippen LogP contribution in [0.15, 0.2) is 24.3 Å². The quantitative estimate of drug-likeness (QED) is 0.823. The van der Waals surface area contributed by atoms with Crippen LogP contribution in [0, 0.1) is 6.07 Å². The summed E-state index contributed by atoms with van der Waals surface area (Å²) < 4.78 is 0. The van der Waals surface area contributed by atoms with Crippen molar-refractivity contribution in [2.75, 3.05) is 5.32 Å². The zero-order valence-corrected chi connectivity index (χ0v) is 9.67. The SMILES string of the molecule is CCCC(Br)C(=O)Nc1[c]cccc1. The third-order valence-corrected chi connectivity index (χ3v) is 2.67. The van der Waals surface area contributed by atoms with E-state index in [2.05, 4.69) is 34.2 Å². The summed E-state index contributed by atoms with van der Waals surface area (Å²) >= 11 is 3.33. The smallest absolute Gasteiger partial charge is 0.238 e. The van der Waals surface area contributed by atoms with E-state index in [0.717, 1.165) is 18.5 Å². The molecule has 1 unspecified atom stereocenters. The molecule has 1 rings (SSSR count). The number of hydrogen-bond donors (Lipinski definition) is 1. The monoisotopic (exact) mass is 254 g/mol. The Bertz CT molecular complexity index is 287. The van der Waals surface area contributed by atoms with Crippen molar-refractivity contribution in [1.29, 1.82) is 0 Å². The van der Waals surface area contributed by atoms with Crippen molar-refractivity contribution in [1.82, 2.24) is 0 Å². The normalized spacial score (nSPS) is 12.1. The first-order valence-corrected chi connectivity index (χ1v) is 5.57. The summed E-state index contributed by atoms with van der Waals surface area (Å²) in [7, 11) is 0. The van der Waals surface area contributed by atoms with Gasteiger partial charge in [0.05, 0.1) is 4.83 Å². The van der Waals surface area contributed by atoms with Crippen LogP contribution in [0.2, 0.25) is 0 Å². The number of carbonyl (C=O) groups is 1. The average molecular weight is 255 g/mol. The molecule has 1 radical (unpaired) electrons. The van der Waals surface area contributed by atoms with E-state index >= 15 is 0 Å². The highest BCUT2D eigenvalue weighted by Gasteiger charge is 2.12. The van der Waals surface area contributed by atoms with E-state index in [-0.39, 0.29) is 10.7 Å². The van der Waals surface area contributed by atoms with E-state index in [1.807, 2.05) is 18.2 Å². The lowest BCUT2D eigenvalue weighted by molar-refractivity contribution is -0.115. The van der Waals surface area contributed by atoms with Crippen molar-refractivity contribution in [3.63, 3.8) is 0 Å². The summed E-state index contributed by atoms with van der Waals surface area (Å²) in [5.74, 6) is -0.00528. The van der Waals surface area contributed by atoms with Gasteiger partial charge in [-0.15, -0.1) is 0 Å². The molecule has 0 saturated heterocycles. The summed E-state index contributed by atoms with van der Waals surface area (Å²) in [5.41, 5.74) is 0.720. The fourth-order valence-corrected chi connectivity index (χ4v) is 1.64. The van der Waals surface area contributed by atoms with Crippen LogP contribution in [0.4, 0.5) is 5.69 Å². The Balaban J connectivity index is 2.49. The standard InChI is InChI=1S/C11H13BrNO/c1-2-6-10(12)11(14)13-9-7-4-3-5-8-9/h3-5,7,10H,2,6H2,1H3,(H,13,14). The Kier molecular flexibility index (Phi) is 4.66. The zero-order valence-electron chi connectivity index (χ0n) is 8.09. The van der Waals surface area contributed by atoms with E-state index in [1.165, 1.54) is 0 Å². The van der Waals surface area contributed by atoms with Gasteiger partial charge in [-0.05, 0) is 12.5 Å². The molecule has 0 heterocycles. The Morgan fingerprint density at radius 3 is 3.00 bits per heavy atom. The van der Waals surface area contributed by atoms with Gasteiger partial charge in [-0.3, -0.25) is 4.79 Å². The van der Waals surface area contributed by atoms with Gasteiger partial charge in [0.1, 0.15) is 0 Å². The summed E-state index contributed by atoms with van der Waals surface area (Å²) in [4.78, 5) is 11.4. The molecule has 1 aromatic rings. The molecule has 0 aliphatic heterocycles. The van der Waals surface area contributed by atoms with Crippen molar-refractivity contribution in [2.45, 2.75) is 24.6 Å². The molecule has 0 saturated carbocycles. The minimum atomic E-state index is -0.110. The fourth-order valence-electron chi connectivity index (χ4n) is 1.07. The maximum atomic E-state index is 11.5. The number of para-hydroxylation sites is 1. The van der Waals surface area contributed by atoms with Gasteiger partial charge in [0.15, 0.2) is 0 Å². The molecule has 14 heavy (non-hydrogen) atoms. The molecule has 1 atom stereocenters. The summed E-state index contributed by atoms with van der Waals surface area (Å²) in [6, 6.07) is 10.3. The van der Waals surface area contributed by atoms with Crippen LogP contribution >= 0.6 is 15.9 Å². The molecule has 2 nitrogen and oxygen atoms in total. The van der Waals surface area contributed by atoms with Gasteiger partial charge < -0.3 is 5.32 Å². The van der Waals surface area contributed by atoms with Crippen molar-refractivity contribution in [2.24, 2.45) is 0 Å². The second-order valence-electron chi connectivity index (χ2n) is 3.02. The minimum absolute atomic E-state index is 0.00528. The van der Waals surface area contributed by atoms with E-state index in [4.69, 9.17) is 0 Å². The first-order valence-electron chi connectivity index (χ1n) is 4.65. The van der Waals surface area contributed by atoms with Gasteiger partial charge >= 0.3 is 0 Å². The van der Waals surface area contributed by atoms with Crippen LogP contribution in [0.25, 0.3) is 0 Å². The van der Waals surface area contributed by atoms with Crippen LogP contribution < -0.4 is 5.32 Å². The molecule has 75 valence electrons. The van der Waals surface area contributed by atoms with Crippen LogP contribution in [-0.4, -0.2) is 10.7 Å². The van der Waals surface area contributed by atoms with Crippen LogP contribution in [0.5, 0.6) is 0 Å². The van der Waals surface area contributed by atoms with Crippen LogP contribution in [0.3, 0.4) is 0 Å². The Morgan fingerprint density at radius 1 is 1.64 bits per heavy atom. The van der Waals surface area contributed by atoms with Gasteiger partial charge in [-0.25, -0.2) is 0 Å². The zero-order chi connectivity index (χ0) is 10.4. The Labute approximate surface area is 92.8 Å². The van der Waals surface area contributed by atoms with Crippen molar-refractivity contribution < 1.29 is 4.79 Å². The minimum Gasteiger partial charge on any atom is -0.325 e. The van der Waals surface area contributed by atoms with Gasteiger partial charge in [-0.2, -0.15) is 0 Å². The summed E-state index contributed by atoms with van der Waals surface area (Å²) in [6.07, 6.45) is 1.83. The van der Waals surface area contributed by atoms with Crippen molar-refractivity contribution in [3.05, 3.63) is 30.3 Å². The average Bonchev–Trinajstić information content (AvgIpc) is 2.19. The lowest BCUT2D eigenvalue weighted by atomic mass is 10.2. The Hall–Kier alpha value is -0.830. The molecule has 1 aromatic carbocycles. The third kappa shape index (κ3) is 3.50. The third-order valence-electron chi connectivity index (χ3n) is 1.79. The topological polar surface area (TPSA) is 29.1 Å². The molecule has 1 N–H and O–H groups in total. The second-order valence-corrected chi connectivity index (χ2v) is 4.13. The predicted molar refractivity (Wildman–Crippen MR) is 61.5 cm³/mol. The fraction of sp³-hybridized carbons (Fsp3) is 0.364. The van der Waals surface area contributed by atoms with Gasteiger partial charge in [0.2, 0.25) is 5.91 Å². The number of benzene rings is 1. The highest BCUT2D eigenvalue weighted by Crippen LogP contribution is 2.11. The molecular weight excluding hydrogens is 242 g/mol. The highest BCUT2D eigenvalue weighted by molar-refractivity contribution is 9.10. The lowest BCUT2D eigenvalue weighted by Gasteiger charge is -2.08. The molecule has 0 fully saturated rings. The lowest BCUT2D eigenvalue weighted by Crippen LogP contribution is -2.22. The van der Waals surface area contributed by atoms with Crippen molar-refractivity contribution >= 4 is 27.5 Å². The summed E-state index contributed by atoms with van der Waals surface area (Å²) in [5, 5.41) is 2.79. The number of alkyl halides is 1. The number of anilines is 1. The van der Waals surface area contributed by atoms with Crippen LogP contribution in [-0.2, 0) is 4.79 Å². The highest BCUT2D eigenvalue weighted by atomic mass is 79.9.